The number of para-hydroxylation sites is 1. The number of benzene rings is 1. The summed E-state index contributed by atoms with van der Waals surface area (Å²) in [5, 5.41) is 6.63. The highest BCUT2D eigenvalue weighted by Crippen LogP contribution is 2.28. The molecule has 3 nitrogen and oxygen atoms in total. The third kappa shape index (κ3) is 4.85. The molecular formula is C18H28N2O. The number of rotatable bonds is 6. The molecule has 1 unspecified atom stereocenters. The van der Waals surface area contributed by atoms with Crippen LogP contribution in [-0.4, -0.2) is 11.9 Å². The zero-order chi connectivity index (χ0) is 15.1. The largest absolute Gasteiger partial charge is 0.326 e. The van der Waals surface area contributed by atoms with E-state index in [1.54, 1.807) is 6.92 Å². The summed E-state index contributed by atoms with van der Waals surface area (Å²) < 4.78 is 0. The molecule has 0 aliphatic heterocycles. The van der Waals surface area contributed by atoms with Gasteiger partial charge in [-0.05, 0) is 36.8 Å². The molecule has 21 heavy (non-hydrogen) atoms. The minimum Gasteiger partial charge on any atom is -0.326 e. The van der Waals surface area contributed by atoms with Crippen LogP contribution in [0.2, 0.25) is 0 Å². The summed E-state index contributed by atoms with van der Waals surface area (Å²) in [5.74, 6) is 0.804. The van der Waals surface area contributed by atoms with Gasteiger partial charge in [-0.25, -0.2) is 0 Å². The molecule has 1 aromatic carbocycles. The van der Waals surface area contributed by atoms with Gasteiger partial charge in [-0.3, -0.25) is 4.79 Å². The van der Waals surface area contributed by atoms with Crippen molar-refractivity contribution in [2.24, 2.45) is 5.92 Å². The molecule has 1 aliphatic carbocycles. The van der Waals surface area contributed by atoms with Crippen LogP contribution in [0.5, 0.6) is 0 Å². The minimum atomic E-state index is -0.0122. The smallest absolute Gasteiger partial charge is 0.221 e. The summed E-state index contributed by atoms with van der Waals surface area (Å²) in [7, 11) is 0. The van der Waals surface area contributed by atoms with Gasteiger partial charge in [0.15, 0.2) is 0 Å². The Morgan fingerprint density at radius 2 is 1.95 bits per heavy atom. The minimum absolute atomic E-state index is 0.0122. The summed E-state index contributed by atoms with van der Waals surface area (Å²) in [6.45, 7) is 4.65. The Balaban J connectivity index is 1.95. The summed E-state index contributed by atoms with van der Waals surface area (Å²) in [6, 6.07) is 8.65. The first kappa shape index (κ1) is 16.0. The monoisotopic (exact) mass is 288 g/mol. The second-order valence-corrected chi connectivity index (χ2v) is 6.13. The lowest BCUT2D eigenvalue weighted by atomic mass is 9.83. The van der Waals surface area contributed by atoms with Crippen LogP contribution < -0.4 is 10.6 Å². The van der Waals surface area contributed by atoms with Crippen LogP contribution in [0, 0.1) is 5.92 Å². The predicted octanol–water partition coefficient (Wildman–Crippen LogP) is 4.09. The van der Waals surface area contributed by atoms with Gasteiger partial charge in [-0.1, -0.05) is 44.4 Å². The van der Waals surface area contributed by atoms with Gasteiger partial charge in [-0.15, -0.1) is 0 Å². The van der Waals surface area contributed by atoms with Crippen molar-refractivity contribution in [3.63, 3.8) is 0 Å². The Bertz CT molecular complexity index is 452. The first-order valence-electron chi connectivity index (χ1n) is 8.29. The Morgan fingerprint density at radius 3 is 2.62 bits per heavy atom. The van der Waals surface area contributed by atoms with Gasteiger partial charge in [-0.2, -0.15) is 0 Å². The Hall–Kier alpha value is -1.35. The van der Waals surface area contributed by atoms with Crippen molar-refractivity contribution in [2.45, 2.75) is 65.0 Å². The zero-order valence-corrected chi connectivity index (χ0v) is 13.3. The van der Waals surface area contributed by atoms with Gasteiger partial charge >= 0.3 is 0 Å². The molecule has 3 heteroatoms. The number of anilines is 1. The topological polar surface area (TPSA) is 41.1 Å². The predicted molar refractivity (Wildman–Crippen MR) is 88.2 cm³/mol. The first-order valence-corrected chi connectivity index (χ1v) is 8.29. The molecule has 0 radical (unpaired) electrons. The maximum Gasteiger partial charge on any atom is 0.221 e. The SMILES string of the molecule is CCC(NCc1ccccc1NC(C)=O)C1CCCCC1. The molecule has 1 saturated carbocycles. The summed E-state index contributed by atoms with van der Waals surface area (Å²) in [5.41, 5.74) is 2.10. The molecule has 0 heterocycles. The average Bonchev–Trinajstić information content (AvgIpc) is 2.50. The van der Waals surface area contributed by atoms with Crippen LogP contribution in [0.15, 0.2) is 24.3 Å². The van der Waals surface area contributed by atoms with E-state index in [4.69, 9.17) is 0 Å². The molecule has 0 aromatic heterocycles. The van der Waals surface area contributed by atoms with E-state index in [-0.39, 0.29) is 5.91 Å². The molecule has 0 saturated heterocycles. The maximum absolute atomic E-state index is 11.3. The fraction of sp³-hybridized carbons (Fsp3) is 0.611. The Labute approximate surface area is 128 Å². The van der Waals surface area contributed by atoms with E-state index in [0.717, 1.165) is 18.2 Å². The van der Waals surface area contributed by atoms with E-state index in [0.29, 0.717) is 6.04 Å². The number of hydrogen-bond donors (Lipinski definition) is 2. The summed E-state index contributed by atoms with van der Waals surface area (Å²) in [4.78, 5) is 11.3. The average molecular weight is 288 g/mol. The normalized spacial score (nSPS) is 17.4. The van der Waals surface area contributed by atoms with Crippen LogP contribution in [0.1, 0.15) is 57.9 Å². The standard InChI is InChI=1S/C18H28N2O/c1-3-17(15-9-5-4-6-10-15)19-13-16-11-7-8-12-18(16)20-14(2)21/h7-8,11-12,15,17,19H,3-6,9-10,13H2,1-2H3,(H,20,21). The quantitative estimate of drug-likeness (QED) is 0.827. The molecule has 1 fully saturated rings. The van der Waals surface area contributed by atoms with Crippen LogP contribution in [0.25, 0.3) is 0 Å². The van der Waals surface area contributed by atoms with E-state index in [1.807, 2.05) is 18.2 Å². The number of carbonyl (C=O) groups is 1. The van der Waals surface area contributed by atoms with Crippen molar-refractivity contribution in [1.29, 1.82) is 0 Å². The number of amides is 1. The maximum atomic E-state index is 11.3. The lowest BCUT2D eigenvalue weighted by Gasteiger charge is -2.30. The molecule has 0 spiro atoms. The highest BCUT2D eigenvalue weighted by Gasteiger charge is 2.21. The van der Waals surface area contributed by atoms with Crippen molar-refractivity contribution in [2.75, 3.05) is 5.32 Å². The van der Waals surface area contributed by atoms with Gasteiger partial charge in [0, 0.05) is 25.2 Å². The first-order chi connectivity index (χ1) is 10.2. The number of hydrogen-bond acceptors (Lipinski definition) is 2. The number of carbonyl (C=O) groups excluding carboxylic acids is 1. The third-order valence-corrected chi connectivity index (χ3v) is 4.54. The van der Waals surface area contributed by atoms with Crippen molar-refractivity contribution in [1.82, 2.24) is 5.32 Å². The molecule has 1 aliphatic rings. The van der Waals surface area contributed by atoms with Crippen LogP contribution in [0.3, 0.4) is 0 Å². The highest BCUT2D eigenvalue weighted by molar-refractivity contribution is 5.89. The molecule has 2 N–H and O–H groups in total. The third-order valence-electron chi connectivity index (χ3n) is 4.54. The van der Waals surface area contributed by atoms with Gasteiger partial charge in [0.1, 0.15) is 0 Å². The van der Waals surface area contributed by atoms with Crippen molar-refractivity contribution in [3.8, 4) is 0 Å². The van der Waals surface area contributed by atoms with Gasteiger partial charge in [0.2, 0.25) is 5.91 Å². The van der Waals surface area contributed by atoms with Gasteiger partial charge in [0.05, 0.1) is 0 Å². The van der Waals surface area contributed by atoms with Crippen LogP contribution in [0.4, 0.5) is 5.69 Å². The van der Waals surface area contributed by atoms with Crippen LogP contribution in [-0.2, 0) is 11.3 Å². The van der Waals surface area contributed by atoms with E-state index < -0.39 is 0 Å². The molecule has 1 aromatic rings. The zero-order valence-electron chi connectivity index (χ0n) is 13.3. The Morgan fingerprint density at radius 1 is 1.24 bits per heavy atom. The highest BCUT2D eigenvalue weighted by atomic mass is 16.1. The lowest BCUT2D eigenvalue weighted by Crippen LogP contribution is -2.36. The van der Waals surface area contributed by atoms with Gasteiger partial charge < -0.3 is 10.6 Å². The second-order valence-electron chi connectivity index (χ2n) is 6.13. The van der Waals surface area contributed by atoms with E-state index in [1.165, 1.54) is 44.1 Å². The molecule has 116 valence electrons. The molecule has 0 bridgehead atoms. The fourth-order valence-corrected chi connectivity index (χ4v) is 3.41. The lowest BCUT2D eigenvalue weighted by molar-refractivity contribution is -0.114. The summed E-state index contributed by atoms with van der Waals surface area (Å²) >= 11 is 0. The Kier molecular flexibility index (Phi) is 6.24. The van der Waals surface area contributed by atoms with E-state index >= 15 is 0 Å². The summed E-state index contributed by atoms with van der Waals surface area (Å²) in [6.07, 6.45) is 8.06. The molecular weight excluding hydrogens is 260 g/mol. The molecule has 1 atom stereocenters. The van der Waals surface area contributed by atoms with Crippen LogP contribution >= 0.6 is 0 Å². The second kappa shape index (κ2) is 8.18. The van der Waals surface area contributed by atoms with Crippen molar-refractivity contribution < 1.29 is 4.79 Å². The van der Waals surface area contributed by atoms with Crippen molar-refractivity contribution >= 4 is 11.6 Å². The number of nitrogens with one attached hydrogen (secondary N) is 2. The van der Waals surface area contributed by atoms with Crippen molar-refractivity contribution in [3.05, 3.63) is 29.8 Å². The molecule has 1 amide bonds. The van der Waals surface area contributed by atoms with E-state index in [2.05, 4.69) is 23.6 Å². The van der Waals surface area contributed by atoms with Gasteiger partial charge in [0.25, 0.3) is 0 Å². The van der Waals surface area contributed by atoms with E-state index in [9.17, 15) is 4.79 Å². The molecule has 2 rings (SSSR count). The fourth-order valence-electron chi connectivity index (χ4n) is 3.41.